The highest BCUT2D eigenvalue weighted by Gasteiger charge is 2.18. The van der Waals surface area contributed by atoms with E-state index in [4.69, 9.17) is 5.84 Å². The molecule has 2 rings (SSSR count). The quantitative estimate of drug-likeness (QED) is 0.619. The monoisotopic (exact) mass is 249 g/mol. The summed E-state index contributed by atoms with van der Waals surface area (Å²) in [6, 6.07) is 5.90. The highest BCUT2D eigenvalue weighted by Crippen LogP contribution is 2.16. The summed E-state index contributed by atoms with van der Waals surface area (Å²) in [4.78, 5) is 9.31. The number of nitrogens with one attached hydrogen (secondary N) is 1. The van der Waals surface area contributed by atoms with Gasteiger partial charge in [0.25, 0.3) is 0 Å². The molecule has 1 saturated heterocycles. The number of hydrogen-bond acceptors (Lipinski definition) is 5. The normalized spacial score (nSPS) is 17.2. The average Bonchev–Trinajstić information content (AvgIpc) is 2.39. The summed E-state index contributed by atoms with van der Waals surface area (Å²) >= 11 is 0. The number of rotatable bonds is 4. The first-order chi connectivity index (χ1) is 8.69. The Morgan fingerprint density at radius 2 is 2.00 bits per heavy atom. The molecule has 3 N–H and O–H groups in total. The lowest BCUT2D eigenvalue weighted by atomic mass is 10.2. The SMILES string of the molecule is CC(C)CN1CCN(c2cccc(NN)n2)CC1. The Labute approximate surface area is 109 Å². The van der Waals surface area contributed by atoms with Crippen LogP contribution in [-0.4, -0.2) is 42.6 Å². The average molecular weight is 249 g/mol. The first-order valence-corrected chi connectivity index (χ1v) is 6.60. The molecule has 2 heterocycles. The first kappa shape index (κ1) is 13.1. The van der Waals surface area contributed by atoms with E-state index in [1.54, 1.807) is 0 Å². The van der Waals surface area contributed by atoms with Gasteiger partial charge in [0, 0.05) is 32.7 Å². The Hall–Kier alpha value is -1.33. The van der Waals surface area contributed by atoms with Crippen molar-refractivity contribution in [2.45, 2.75) is 13.8 Å². The van der Waals surface area contributed by atoms with Crippen LogP contribution in [0.3, 0.4) is 0 Å². The summed E-state index contributed by atoms with van der Waals surface area (Å²) in [6.07, 6.45) is 0. The third-order valence-corrected chi connectivity index (χ3v) is 3.20. The minimum Gasteiger partial charge on any atom is -0.354 e. The maximum Gasteiger partial charge on any atom is 0.142 e. The molecule has 0 saturated carbocycles. The number of anilines is 2. The summed E-state index contributed by atoms with van der Waals surface area (Å²) in [7, 11) is 0. The van der Waals surface area contributed by atoms with E-state index in [9.17, 15) is 0 Å². The van der Waals surface area contributed by atoms with E-state index in [2.05, 4.69) is 34.1 Å². The zero-order chi connectivity index (χ0) is 13.0. The lowest BCUT2D eigenvalue weighted by Crippen LogP contribution is -2.47. The second kappa shape index (κ2) is 6.02. The molecule has 0 aromatic carbocycles. The van der Waals surface area contributed by atoms with Crippen molar-refractivity contribution in [2.24, 2.45) is 11.8 Å². The van der Waals surface area contributed by atoms with E-state index < -0.39 is 0 Å². The van der Waals surface area contributed by atoms with E-state index in [0.29, 0.717) is 0 Å². The molecule has 1 aliphatic rings. The third-order valence-electron chi connectivity index (χ3n) is 3.20. The van der Waals surface area contributed by atoms with Gasteiger partial charge in [-0.1, -0.05) is 19.9 Å². The molecule has 0 radical (unpaired) electrons. The largest absolute Gasteiger partial charge is 0.354 e. The van der Waals surface area contributed by atoms with Gasteiger partial charge in [0.1, 0.15) is 11.6 Å². The van der Waals surface area contributed by atoms with E-state index >= 15 is 0 Å². The molecule has 0 unspecified atom stereocenters. The van der Waals surface area contributed by atoms with Crippen LogP contribution in [0.5, 0.6) is 0 Å². The number of hydrazine groups is 1. The molecule has 0 aliphatic carbocycles. The van der Waals surface area contributed by atoms with Gasteiger partial charge in [-0.25, -0.2) is 10.8 Å². The number of nitrogen functional groups attached to an aromatic ring is 1. The van der Waals surface area contributed by atoms with Crippen molar-refractivity contribution in [1.29, 1.82) is 0 Å². The predicted molar refractivity (Wildman–Crippen MR) is 75.5 cm³/mol. The fourth-order valence-corrected chi connectivity index (χ4v) is 2.36. The van der Waals surface area contributed by atoms with Crippen molar-refractivity contribution in [3.63, 3.8) is 0 Å². The second-order valence-corrected chi connectivity index (χ2v) is 5.21. The number of pyridine rings is 1. The van der Waals surface area contributed by atoms with Gasteiger partial charge in [-0.05, 0) is 18.1 Å². The Bertz CT molecular complexity index is 371. The van der Waals surface area contributed by atoms with E-state index in [1.807, 2.05) is 18.2 Å². The Morgan fingerprint density at radius 1 is 1.28 bits per heavy atom. The Balaban J connectivity index is 1.92. The van der Waals surface area contributed by atoms with Crippen LogP contribution in [-0.2, 0) is 0 Å². The van der Waals surface area contributed by atoms with Crippen molar-refractivity contribution < 1.29 is 0 Å². The molecule has 0 atom stereocenters. The molecule has 18 heavy (non-hydrogen) atoms. The van der Waals surface area contributed by atoms with Crippen molar-refractivity contribution in [1.82, 2.24) is 9.88 Å². The van der Waals surface area contributed by atoms with Gasteiger partial charge in [0.15, 0.2) is 0 Å². The van der Waals surface area contributed by atoms with Crippen LogP contribution in [0.25, 0.3) is 0 Å². The van der Waals surface area contributed by atoms with Gasteiger partial charge in [-0.2, -0.15) is 0 Å². The zero-order valence-corrected chi connectivity index (χ0v) is 11.3. The Kier molecular flexibility index (Phi) is 4.38. The summed E-state index contributed by atoms with van der Waals surface area (Å²) in [5.74, 6) is 7.85. The van der Waals surface area contributed by atoms with Crippen LogP contribution in [0.1, 0.15) is 13.8 Å². The molecule has 5 nitrogen and oxygen atoms in total. The van der Waals surface area contributed by atoms with Gasteiger partial charge in [-0.15, -0.1) is 0 Å². The topological polar surface area (TPSA) is 57.4 Å². The van der Waals surface area contributed by atoms with Gasteiger partial charge in [0.05, 0.1) is 0 Å². The van der Waals surface area contributed by atoms with Crippen LogP contribution in [0, 0.1) is 5.92 Å². The summed E-state index contributed by atoms with van der Waals surface area (Å²) in [6.45, 7) is 10.0. The predicted octanol–water partition coefficient (Wildman–Crippen LogP) is 1.15. The molecular formula is C13H23N5. The number of piperazine rings is 1. The van der Waals surface area contributed by atoms with Crippen LogP contribution in [0.15, 0.2) is 18.2 Å². The van der Waals surface area contributed by atoms with E-state index in [0.717, 1.165) is 43.7 Å². The van der Waals surface area contributed by atoms with Crippen molar-refractivity contribution in [2.75, 3.05) is 43.0 Å². The molecule has 1 aromatic rings. The molecule has 1 aliphatic heterocycles. The molecule has 1 aromatic heterocycles. The lowest BCUT2D eigenvalue weighted by molar-refractivity contribution is 0.231. The minimum absolute atomic E-state index is 0.720. The molecule has 0 spiro atoms. The third kappa shape index (κ3) is 3.34. The van der Waals surface area contributed by atoms with Crippen molar-refractivity contribution in [3.05, 3.63) is 18.2 Å². The number of nitrogens with zero attached hydrogens (tertiary/aromatic N) is 3. The van der Waals surface area contributed by atoms with E-state index in [1.165, 1.54) is 6.54 Å². The fraction of sp³-hybridized carbons (Fsp3) is 0.615. The molecule has 1 fully saturated rings. The highest BCUT2D eigenvalue weighted by atomic mass is 15.3. The van der Waals surface area contributed by atoms with Gasteiger partial charge in [-0.3, -0.25) is 4.90 Å². The maximum absolute atomic E-state index is 5.39. The van der Waals surface area contributed by atoms with Crippen LogP contribution in [0.4, 0.5) is 11.6 Å². The molecule has 0 bridgehead atoms. The summed E-state index contributed by atoms with van der Waals surface area (Å²) in [5.41, 5.74) is 2.59. The number of hydrogen-bond donors (Lipinski definition) is 2. The van der Waals surface area contributed by atoms with Gasteiger partial charge < -0.3 is 10.3 Å². The van der Waals surface area contributed by atoms with E-state index in [-0.39, 0.29) is 0 Å². The summed E-state index contributed by atoms with van der Waals surface area (Å²) < 4.78 is 0. The van der Waals surface area contributed by atoms with Crippen LogP contribution >= 0.6 is 0 Å². The van der Waals surface area contributed by atoms with Gasteiger partial charge >= 0.3 is 0 Å². The fourth-order valence-electron chi connectivity index (χ4n) is 2.36. The smallest absolute Gasteiger partial charge is 0.142 e. The minimum atomic E-state index is 0.720. The van der Waals surface area contributed by atoms with Gasteiger partial charge in [0.2, 0.25) is 0 Å². The van der Waals surface area contributed by atoms with Crippen LogP contribution in [0.2, 0.25) is 0 Å². The standard InChI is InChI=1S/C13H23N5/c1-11(2)10-17-6-8-18(9-7-17)13-5-3-4-12(15-13)16-14/h3-5,11H,6-10,14H2,1-2H3,(H,15,16). The molecular weight excluding hydrogens is 226 g/mol. The number of nitrogens with two attached hydrogens (primary N) is 1. The number of aromatic nitrogens is 1. The maximum atomic E-state index is 5.39. The highest BCUT2D eigenvalue weighted by molar-refractivity contribution is 5.46. The Morgan fingerprint density at radius 3 is 2.61 bits per heavy atom. The zero-order valence-electron chi connectivity index (χ0n) is 11.3. The van der Waals surface area contributed by atoms with Crippen LogP contribution < -0.4 is 16.2 Å². The summed E-state index contributed by atoms with van der Waals surface area (Å²) in [5, 5.41) is 0. The first-order valence-electron chi connectivity index (χ1n) is 6.60. The van der Waals surface area contributed by atoms with Crippen molar-refractivity contribution in [3.8, 4) is 0 Å². The van der Waals surface area contributed by atoms with Crippen molar-refractivity contribution >= 4 is 11.6 Å². The second-order valence-electron chi connectivity index (χ2n) is 5.21. The molecule has 100 valence electrons. The molecule has 0 amide bonds. The molecule has 5 heteroatoms. The lowest BCUT2D eigenvalue weighted by Gasteiger charge is -2.36.